The highest BCUT2D eigenvalue weighted by atomic mass is 32.2. The molecule has 0 amide bonds. The Morgan fingerprint density at radius 2 is 2.26 bits per heavy atom. The minimum absolute atomic E-state index is 0.270. The predicted molar refractivity (Wildman–Crippen MR) is 77.2 cm³/mol. The number of rotatable bonds is 5. The summed E-state index contributed by atoms with van der Waals surface area (Å²) < 4.78 is 5.33. The molecule has 3 aromatic heterocycles. The van der Waals surface area contributed by atoms with Gasteiger partial charge in [-0.15, -0.1) is 21.5 Å². The van der Waals surface area contributed by atoms with Gasteiger partial charge in [0, 0.05) is 22.1 Å². The second-order valence-corrected chi connectivity index (χ2v) is 6.18. The first kappa shape index (κ1) is 12.8. The van der Waals surface area contributed by atoms with E-state index in [0.29, 0.717) is 16.9 Å². The molecular formula is C11H10N4OS3. The third-order valence-electron chi connectivity index (χ3n) is 2.29. The van der Waals surface area contributed by atoms with Crippen molar-refractivity contribution in [3.63, 3.8) is 0 Å². The minimum atomic E-state index is 0.270. The fourth-order valence-corrected chi connectivity index (χ4v) is 3.72. The van der Waals surface area contributed by atoms with Crippen LogP contribution in [-0.2, 0) is 12.3 Å². The molecule has 3 rings (SSSR count). The largest absolute Gasteiger partial charge is 0.415 e. The number of thiophene rings is 1. The second kappa shape index (κ2) is 5.83. The lowest BCUT2D eigenvalue weighted by molar-refractivity contribution is 0.414. The van der Waals surface area contributed by atoms with Crippen molar-refractivity contribution < 1.29 is 4.42 Å². The third kappa shape index (κ3) is 3.03. The summed E-state index contributed by atoms with van der Waals surface area (Å²) in [5, 5.41) is 15.5. The van der Waals surface area contributed by atoms with Crippen molar-refractivity contribution in [2.75, 3.05) is 0 Å². The zero-order chi connectivity index (χ0) is 13.1. The van der Waals surface area contributed by atoms with Gasteiger partial charge in [0.05, 0.1) is 12.2 Å². The maximum atomic E-state index is 5.41. The lowest BCUT2D eigenvalue weighted by atomic mass is 10.4. The number of nitrogens with two attached hydrogens (primary N) is 1. The van der Waals surface area contributed by atoms with Gasteiger partial charge in [0.15, 0.2) is 0 Å². The molecular weight excluding hydrogens is 300 g/mol. The molecule has 2 N–H and O–H groups in total. The van der Waals surface area contributed by atoms with Gasteiger partial charge in [-0.25, -0.2) is 4.98 Å². The number of nitrogens with zero attached hydrogens (tertiary/aromatic N) is 3. The summed E-state index contributed by atoms with van der Waals surface area (Å²) in [5.41, 5.74) is 7.61. The van der Waals surface area contributed by atoms with Gasteiger partial charge in [-0.1, -0.05) is 11.8 Å². The van der Waals surface area contributed by atoms with Gasteiger partial charge in [-0.3, -0.25) is 0 Å². The fourth-order valence-electron chi connectivity index (χ4n) is 1.41. The van der Waals surface area contributed by atoms with Crippen LogP contribution in [-0.4, -0.2) is 15.2 Å². The van der Waals surface area contributed by atoms with E-state index in [0.717, 1.165) is 10.7 Å². The maximum Gasteiger partial charge on any atom is 0.277 e. The molecule has 98 valence electrons. The summed E-state index contributed by atoms with van der Waals surface area (Å²) in [4.78, 5) is 4.58. The predicted octanol–water partition coefficient (Wildman–Crippen LogP) is 3.01. The van der Waals surface area contributed by atoms with Gasteiger partial charge in [-0.2, -0.15) is 11.3 Å². The van der Waals surface area contributed by atoms with Crippen LogP contribution in [0, 0.1) is 0 Å². The molecule has 0 unspecified atom stereocenters. The van der Waals surface area contributed by atoms with Crippen LogP contribution in [0.25, 0.3) is 10.6 Å². The number of aromatic nitrogens is 3. The monoisotopic (exact) mass is 310 g/mol. The van der Waals surface area contributed by atoms with E-state index < -0.39 is 0 Å². The molecule has 0 fully saturated rings. The molecule has 5 nitrogen and oxygen atoms in total. The van der Waals surface area contributed by atoms with Crippen molar-refractivity contribution in [3.8, 4) is 10.6 Å². The Balaban J connectivity index is 1.64. The zero-order valence-electron chi connectivity index (χ0n) is 9.78. The van der Waals surface area contributed by atoms with E-state index in [-0.39, 0.29) is 6.54 Å². The van der Waals surface area contributed by atoms with Crippen molar-refractivity contribution in [1.82, 2.24) is 15.2 Å². The quantitative estimate of drug-likeness (QED) is 0.730. The molecule has 0 atom stereocenters. The van der Waals surface area contributed by atoms with Gasteiger partial charge in [-0.05, 0) is 11.4 Å². The van der Waals surface area contributed by atoms with Gasteiger partial charge >= 0.3 is 0 Å². The molecule has 0 radical (unpaired) electrons. The van der Waals surface area contributed by atoms with Crippen molar-refractivity contribution >= 4 is 34.4 Å². The number of hydrogen-bond donors (Lipinski definition) is 1. The fraction of sp³-hybridized carbons (Fsp3) is 0.182. The average Bonchev–Trinajstić information content (AvgIpc) is 3.16. The van der Waals surface area contributed by atoms with Crippen LogP contribution in [0.4, 0.5) is 0 Å². The van der Waals surface area contributed by atoms with Gasteiger partial charge in [0.25, 0.3) is 5.22 Å². The van der Waals surface area contributed by atoms with Gasteiger partial charge in [0.2, 0.25) is 5.89 Å². The molecule has 0 aliphatic heterocycles. The number of thioether (sulfide) groups is 1. The summed E-state index contributed by atoms with van der Waals surface area (Å²) in [6, 6.07) is 2.08. The molecule has 0 aromatic carbocycles. The molecule has 0 spiro atoms. The second-order valence-electron chi connectivity index (χ2n) is 3.61. The van der Waals surface area contributed by atoms with Gasteiger partial charge in [0.1, 0.15) is 5.01 Å². The van der Waals surface area contributed by atoms with Crippen molar-refractivity contribution in [2.24, 2.45) is 5.73 Å². The topological polar surface area (TPSA) is 77.8 Å². The molecule has 8 heteroatoms. The Morgan fingerprint density at radius 3 is 3.00 bits per heavy atom. The van der Waals surface area contributed by atoms with E-state index in [2.05, 4.69) is 37.4 Å². The van der Waals surface area contributed by atoms with Crippen LogP contribution in [0.2, 0.25) is 0 Å². The summed E-state index contributed by atoms with van der Waals surface area (Å²) in [7, 11) is 0. The molecule has 0 aliphatic rings. The first-order chi connectivity index (χ1) is 9.35. The molecule has 0 saturated heterocycles. The first-order valence-electron chi connectivity index (χ1n) is 5.47. The average molecular weight is 310 g/mol. The highest BCUT2D eigenvalue weighted by Crippen LogP contribution is 2.28. The van der Waals surface area contributed by atoms with E-state index in [4.69, 9.17) is 10.2 Å². The Kier molecular flexibility index (Phi) is 3.92. The smallest absolute Gasteiger partial charge is 0.277 e. The first-order valence-corrected chi connectivity index (χ1v) is 8.28. The lowest BCUT2D eigenvalue weighted by Crippen LogP contribution is -1.95. The number of thiazole rings is 1. The van der Waals surface area contributed by atoms with Crippen LogP contribution in [0.5, 0.6) is 0 Å². The lowest BCUT2D eigenvalue weighted by Gasteiger charge is -1.92. The Morgan fingerprint density at radius 1 is 1.32 bits per heavy atom. The van der Waals surface area contributed by atoms with E-state index in [1.54, 1.807) is 22.7 Å². The Bertz CT molecular complexity index is 647. The highest BCUT2D eigenvalue weighted by Gasteiger charge is 2.09. The number of hydrogen-bond acceptors (Lipinski definition) is 8. The van der Waals surface area contributed by atoms with Gasteiger partial charge < -0.3 is 10.2 Å². The van der Waals surface area contributed by atoms with E-state index in [1.165, 1.54) is 17.3 Å². The van der Waals surface area contributed by atoms with Crippen LogP contribution in [0.3, 0.4) is 0 Å². The van der Waals surface area contributed by atoms with Crippen molar-refractivity contribution in [1.29, 1.82) is 0 Å². The van der Waals surface area contributed by atoms with E-state index >= 15 is 0 Å². The van der Waals surface area contributed by atoms with Crippen molar-refractivity contribution in [2.45, 2.75) is 17.5 Å². The van der Waals surface area contributed by atoms with Crippen LogP contribution in [0.15, 0.2) is 31.8 Å². The molecule has 3 aromatic rings. The van der Waals surface area contributed by atoms with E-state index in [9.17, 15) is 0 Å². The van der Waals surface area contributed by atoms with Crippen LogP contribution >= 0.6 is 34.4 Å². The summed E-state index contributed by atoms with van der Waals surface area (Å²) in [6.45, 7) is 0.270. The van der Waals surface area contributed by atoms with Crippen LogP contribution in [0.1, 0.15) is 11.6 Å². The Labute approximate surface area is 121 Å². The SMILES string of the molecule is NCc1nnc(SCc2csc(-c3ccsc3)n2)o1. The summed E-state index contributed by atoms with van der Waals surface area (Å²) in [5.74, 6) is 1.17. The maximum absolute atomic E-state index is 5.41. The third-order valence-corrected chi connectivity index (χ3v) is 4.76. The summed E-state index contributed by atoms with van der Waals surface area (Å²) in [6.07, 6.45) is 0. The molecule has 19 heavy (non-hydrogen) atoms. The normalized spacial score (nSPS) is 11.0. The molecule has 3 heterocycles. The van der Waals surface area contributed by atoms with Crippen LogP contribution < -0.4 is 5.73 Å². The Hall–Kier alpha value is -1.22. The molecule has 0 saturated carbocycles. The molecule has 0 bridgehead atoms. The highest BCUT2D eigenvalue weighted by molar-refractivity contribution is 7.98. The van der Waals surface area contributed by atoms with E-state index in [1.807, 2.05) is 0 Å². The van der Waals surface area contributed by atoms with Crippen molar-refractivity contribution in [3.05, 3.63) is 33.8 Å². The summed E-state index contributed by atoms with van der Waals surface area (Å²) >= 11 is 4.79. The zero-order valence-corrected chi connectivity index (χ0v) is 12.2. The standard InChI is InChI=1S/C11H10N4OS3/c12-3-9-14-15-11(16-9)19-6-8-5-18-10(13-8)7-1-2-17-4-7/h1-2,4-5H,3,6,12H2. The molecule has 0 aliphatic carbocycles. The minimum Gasteiger partial charge on any atom is -0.415 e.